The second-order valence-corrected chi connectivity index (χ2v) is 5.55. The Hall–Kier alpha value is -0.120. The summed E-state index contributed by atoms with van der Waals surface area (Å²) >= 11 is 0. The summed E-state index contributed by atoms with van der Waals surface area (Å²) in [5.41, 5.74) is 0.107. The van der Waals surface area contributed by atoms with Crippen LogP contribution in [0.15, 0.2) is 0 Å². The van der Waals surface area contributed by atoms with Crippen LogP contribution in [0.1, 0.15) is 39.5 Å². The zero-order valence-electron chi connectivity index (χ0n) is 10.1. The lowest BCUT2D eigenvalue weighted by molar-refractivity contribution is -0.162. The van der Waals surface area contributed by atoms with Gasteiger partial charge in [-0.2, -0.15) is 0 Å². The predicted molar refractivity (Wildman–Crippen MR) is 60.0 cm³/mol. The molecule has 0 bridgehead atoms. The summed E-state index contributed by atoms with van der Waals surface area (Å²) < 4.78 is 12.0. The molecule has 0 aromatic rings. The molecule has 3 nitrogen and oxygen atoms in total. The lowest BCUT2D eigenvalue weighted by atomic mass is 9.82. The van der Waals surface area contributed by atoms with Crippen LogP contribution in [0.25, 0.3) is 0 Å². The van der Waals surface area contributed by atoms with Gasteiger partial charge in [-0.25, -0.2) is 0 Å². The van der Waals surface area contributed by atoms with Gasteiger partial charge in [-0.05, 0) is 40.2 Å². The molecule has 0 aromatic carbocycles. The van der Waals surface area contributed by atoms with Gasteiger partial charge in [0.15, 0.2) is 0 Å². The van der Waals surface area contributed by atoms with Crippen molar-refractivity contribution in [2.45, 2.75) is 56.8 Å². The van der Waals surface area contributed by atoms with E-state index in [9.17, 15) is 0 Å². The van der Waals surface area contributed by atoms with Crippen LogP contribution in [0.2, 0.25) is 0 Å². The highest BCUT2D eigenvalue weighted by Crippen LogP contribution is 2.43. The van der Waals surface area contributed by atoms with E-state index >= 15 is 0 Å². The van der Waals surface area contributed by atoms with Crippen molar-refractivity contribution in [1.82, 2.24) is 5.32 Å². The Bertz CT molecular complexity index is 230. The Morgan fingerprint density at radius 3 is 2.80 bits per heavy atom. The molecule has 0 aromatic heterocycles. The van der Waals surface area contributed by atoms with Crippen LogP contribution in [-0.4, -0.2) is 37.5 Å². The molecule has 0 radical (unpaired) electrons. The molecule has 3 heteroatoms. The zero-order valence-corrected chi connectivity index (χ0v) is 10.1. The second kappa shape index (κ2) is 4.04. The Morgan fingerprint density at radius 2 is 2.13 bits per heavy atom. The minimum atomic E-state index is -0.00716. The molecule has 2 saturated heterocycles. The van der Waals surface area contributed by atoms with Crippen molar-refractivity contribution in [2.24, 2.45) is 0 Å². The van der Waals surface area contributed by atoms with Crippen LogP contribution in [-0.2, 0) is 9.47 Å². The van der Waals surface area contributed by atoms with Gasteiger partial charge in [-0.1, -0.05) is 0 Å². The van der Waals surface area contributed by atoms with Crippen LogP contribution in [0.5, 0.6) is 0 Å². The first-order chi connectivity index (χ1) is 7.05. The highest BCUT2D eigenvalue weighted by atomic mass is 16.5. The first-order valence-electron chi connectivity index (χ1n) is 6.02. The Morgan fingerprint density at radius 1 is 1.33 bits per heavy atom. The van der Waals surface area contributed by atoms with Crippen LogP contribution < -0.4 is 5.32 Å². The maximum atomic E-state index is 6.22. The summed E-state index contributed by atoms with van der Waals surface area (Å²) in [7, 11) is 1.99. The largest absolute Gasteiger partial charge is 0.375 e. The highest BCUT2D eigenvalue weighted by Gasteiger charge is 2.46. The molecule has 0 saturated carbocycles. The maximum absolute atomic E-state index is 6.22. The lowest BCUT2D eigenvalue weighted by Crippen LogP contribution is -2.46. The molecule has 2 atom stereocenters. The van der Waals surface area contributed by atoms with Crippen molar-refractivity contribution >= 4 is 0 Å². The molecule has 88 valence electrons. The van der Waals surface area contributed by atoms with E-state index in [-0.39, 0.29) is 11.2 Å². The molecule has 1 N–H and O–H groups in total. The number of ether oxygens (including phenoxy) is 2. The quantitative estimate of drug-likeness (QED) is 0.757. The van der Waals surface area contributed by atoms with E-state index < -0.39 is 0 Å². The summed E-state index contributed by atoms with van der Waals surface area (Å²) in [4.78, 5) is 0. The molecule has 2 rings (SSSR count). The fourth-order valence-electron chi connectivity index (χ4n) is 3.01. The van der Waals surface area contributed by atoms with E-state index in [4.69, 9.17) is 9.47 Å². The molecule has 2 aliphatic rings. The van der Waals surface area contributed by atoms with E-state index in [0.29, 0.717) is 6.10 Å². The van der Waals surface area contributed by atoms with Gasteiger partial charge in [0.25, 0.3) is 0 Å². The monoisotopic (exact) mass is 213 g/mol. The number of rotatable bonds is 2. The fourth-order valence-corrected chi connectivity index (χ4v) is 3.01. The standard InChI is InChI=1S/C12H23NO2/c1-11(2)9-12(6-7-14-11)5-4-10(15-12)8-13-3/h10,13H,4-9H2,1-3H3/t10-,12+/m1/s1. The average Bonchev–Trinajstić information content (AvgIpc) is 2.47. The minimum Gasteiger partial charge on any atom is -0.375 e. The highest BCUT2D eigenvalue weighted by molar-refractivity contribution is 4.96. The molecule has 1 spiro atoms. The van der Waals surface area contributed by atoms with Gasteiger partial charge in [0.2, 0.25) is 0 Å². The van der Waals surface area contributed by atoms with Crippen LogP contribution in [0.3, 0.4) is 0 Å². The maximum Gasteiger partial charge on any atom is 0.0737 e. The SMILES string of the molecule is CNC[C@H]1CC[C@@]2(CCOC(C)(C)C2)O1. The third-order valence-electron chi connectivity index (χ3n) is 3.57. The van der Waals surface area contributed by atoms with Crippen molar-refractivity contribution in [3.63, 3.8) is 0 Å². The van der Waals surface area contributed by atoms with Crippen molar-refractivity contribution in [3.8, 4) is 0 Å². The van der Waals surface area contributed by atoms with Crippen molar-refractivity contribution in [3.05, 3.63) is 0 Å². The van der Waals surface area contributed by atoms with Gasteiger partial charge >= 0.3 is 0 Å². The Kier molecular flexibility index (Phi) is 3.06. The summed E-state index contributed by atoms with van der Waals surface area (Å²) in [6.45, 7) is 6.16. The minimum absolute atomic E-state index is 0.00716. The van der Waals surface area contributed by atoms with E-state index in [1.54, 1.807) is 0 Å². The topological polar surface area (TPSA) is 30.5 Å². The average molecular weight is 213 g/mol. The zero-order chi connectivity index (χ0) is 10.9. The molecule has 2 heterocycles. The van der Waals surface area contributed by atoms with Crippen molar-refractivity contribution in [1.29, 1.82) is 0 Å². The third kappa shape index (κ3) is 2.52. The van der Waals surface area contributed by atoms with Crippen molar-refractivity contribution in [2.75, 3.05) is 20.2 Å². The Labute approximate surface area is 92.5 Å². The summed E-state index contributed by atoms with van der Waals surface area (Å²) in [5, 5.41) is 3.20. The van der Waals surface area contributed by atoms with E-state index in [2.05, 4.69) is 19.2 Å². The molecule has 0 unspecified atom stereocenters. The lowest BCUT2D eigenvalue weighted by Gasteiger charge is -2.42. The molecule has 2 fully saturated rings. The molecule has 0 aliphatic carbocycles. The van der Waals surface area contributed by atoms with Crippen LogP contribution in [0, 0.1) is 0 Å². The van der Waals surface area contributed by atoms with Gasteiger partial charge in [-0.3, -0.25) is 0 Å². The van der Waals surface area contributed by atoms with Crippen molar-refractivity contribution < 1.29 is 9.47 Å². The first-order valence-corrected chi connectivity index (χ1v) is 6.02. The summed E-state index contributed by atoms with van der Waals surface area (Å²) in [6.07, 6.45) is 4.91. The first kappa shape index (κ1) is 11.4. The number of hydrogen-bond donors (Lipinski definition) is 1. The number of likely N-dealkylation sites (N-methyl/N-ethyl adjacent to an activating group) is 1. The third-order valence-corrected chi connectivity index (χ3v) is 3.57. The molecular weight excluding hydrogens is 190 g/mol. The fraction of sp³-hybridized carbons (Fsp3) is 1.00. The predicted octanol–water partition coefficient (Wildman–Crippen LogP) is 1.71. The summed E-state index contributed by atoms with van der Waals surface area (Å²) in [5.74, 6) is 0. The van der Waals surface area contributed by atoms with Crippen LogP contribution in [0.4, 0.5) is 0 Å². The number of hydrogen-bond acceptors (Lipinski definition) is 3. The second-order valence-electron chi connectivity index (χ2n) is 5.55. The molecule has 15 heavy (non-hydrogen) atoms. The molecule has 2 aliphatic heterocycles. The van der Waals surface area contributed by atoms with Gasteiger partial charge in [0, 0.05) is 13.0 Å². The summed E-state index contributed by atoms with van der Waals surface area (Å²) in [6, 6.07) is 0. The van der Waals surface area contributed by atoms with E-state index in [1.165, 1.54) is 12.8 Å². The van der Waals surface area contributed by atoms with E-state index in [1.807, 2.05) is 7.05 Å². The Balaban J connectivity index is 1.97. The molecular formula is C12H23NO2. The van der Waals surface area contributed by atoms with Gasteiger partial charge in [0.05, 0.1) is 23.9 Å². The van der Waals surface area contributed by atoms with Gasteiger partial charge in [-0.15, -0.1) is 0 Å². The van der Waals surface area contributed by atoms with Crippen LogP contribution >= 0.6 is 0 Å². The van der Waals surface area contributed by atoms with Gasteiger partial charge < -0.3 is 14.8 Å². The normalized spacial score (nSPS) is 39.8. The van der Waals surface area contributed by atoms with E-state index in [0.717, 1.165) is 26.0 Å². The smallest absolute Gasteiger partial charge is 0.0737 e. The molecule has 0 amide bonds. The number of nitrogens with one attached hydrogen (secondary N) is 1. The van der Waals surface area contributed by atoms with Gasteiger partial charge in [0.1, 0.15) is 0 Å².